The zero-order chi connectivity index (χ0) is 5.91. The van der Waals surface area contributed by atoms with Gasteiger partial charge >= 0.3 is 0 Å². The molecule has 0 aliphatic rings. The lowest BCUT2D eigenvalue weighted by atomic mass is 10.4. The molecule has 0 rings (SSSR count). The van der Waals surface area contributed by atoms with Crippen molar-refractivity contribution in [3.05, 3.63) is 0 Å². The van der Waals surface area contributed by atoms with E-state index in [9.17, 15) is 0 Å². The van der Waals surface area contributed by atoms with Crippen LogP contribution in [0.4, 0.5) is 0 Å². The van der Waals surface area contributed by atoms with Crippen LogP contribution in [0, 0.1) is 0 Å². The highest BCUT2D eigenvalue weighted by atomic mass is 15.2. The zero-order valence-corrected chi connectivity index (χ0v) is 4.73. The highest BCUT2D eigenvalue weighted by molar-refractivity contribution is 5.24. The second kappa shape index (κ2) is 2.04. The van der Waals surface area contributed by atoms with Crippen molar-refractivity contribution >= 4 is 6.72 Å². The maximum atomic E-state index is 5.38. The van der Waals surface area contributed by atoms with Gasteiger partial charge in [0.1, 0.15) is 0 Å². The van der Waals surface area contributed by atoms with Crippen LogP contribution >= 0.6 is 0 Å². The second-order valence-corrected chi connectivity index (χ2v) is 1.56. The quantitative estimate of drug-likeness (QED) is 0.365. The molecule has 0 saturated carbocycles. The molecule has 3 nitrogen and oxygen atoms in total. The van der Waals surface area contributed by atoms with Gasteiger partial charge in [-0.05, 0) is 20.7 Å². The van der Waals surface area contributed by atoms with E-state index in [2.05, 4.69) is 17.0 Å². The molecule has 1 unspecified atom stereocenters. The molecule has 0 amide bonds. The van der Waals surface area contributed by atoms with Crippen molar-refractivity contribution in [3.8, 4) is 0 Å². The number of rotatable bonds is 2. The summed E-state index contributed by atoms with van der Waals surface area (Å²) in [6.45, 7) is 5.00. The molecule has 0 aromatic heterocycles. The number of aliphatic imine (C=N–C) groups is 1. The van der Waals surface area contributed by atoms with E-state index in [1.54, 1.807) is 14.0 Å². The Labute approximate surface area is 43.6 Å². The zero-order valence-electron chi connectivity index (χ0n) is 4.73. The van der Waals surface area contributed by atoms with Crippen LogP contribution in [0.1, 0.15) is 6.92 Å². The lowest BCUT2D eigenvalue weighted by molar-refractivity contribution is 0.424. The first-order valence-electron chi connectivity index (χ1n) is 2.08. The Balaban J connectivity index is 3.58. The van der Waals surface area contributed by atoms with Crippen LogP contribution in [0.2, 0.25) is 0 Å². The van der Waals surface area contributed by atoms with Gasteiger partial charge < -0.3 is 0 Å². The molecule has 0 aromatic rings. The summed E-state index contributed by atoms with van der Waals surface area (Å²) in [5, 5.41) is 2.74. The van der Waals surface area contributed by atoms with E-state index in [1.165, 1.54) is 0 Å². The van der Waals surface area contributed by atoms with Gasteiger partial charge in [-0.2, -0.15) is 0 Å². The molecule has 0 bridgehead atoms. The Morgan fingerprint density at radius 1 is 1.86 bits per heavy atom. The first-order valence-corrected chi connectivity index (χ1v) is 2.08. The third kappa shape index (κ3) is 2.31. The van der Waals surface area contributed by atoms with E-state index in [1.807, 2.05) is 0 Å². The van der Waals surface area contributed by atoms with Gasteiger partial charge in [0, 0.05) is 0 Å². The van der Waals surface area contributed by atoms with Crippen molar-refractivity contribution in [1.82, 2.24) is 5.32 Å². The molecule has 0 saturated heterocycles. The standard InChI is InChI=1S/C4H11N3/c1-4(5,6-2)7-3/h7H,2,5H2,1,3H3. The van der Waals surface area contributed by atoms with E-state index in [-0.39, 0.29) is 0 Å². The van der Waals surface area contributed by atoms with Crippen molar-refractivity contribution in [1.29, 1.82) is 0 Å². The summed E-state index contributed by atoms with van der Waals surface area (Å²) < 4.78 is 0. The molecular weight excluding hydrogens is 90.1 g/mol. The molecule has 0 radical (unpaired) electrons. The van der Waals surface area contributed by atoms with Gasteiger partial charge in [0.2, 0.25) is 0 Å². The Kier molecular flexibility index (Phi) is 1.92. The largest absolute Gasteiger partial charge is 0.295 e. The minimum absolute atomic E-state index is 0.653. The van der Waals surface area contributed by atoms with Crippen molar-refractivity contribution in [3.63, 3.8) is 0 Å². The van der Waals surface area contributed by atoms with Gasteiger partial charge in [-0.1, -0.05) is 0 Å². The maximum absolute atomic E-state index is 5.38. The Bertz CT molecular complexity index is 67.3. The maximum Gasteiger partial charge on any atom is 0.158 e. The fourth-order valence-corrected chi connectivity index (χ4v) is 0.0791. The number of nitrogens with one attached hydrogen (secondary N) is 1. The van der Waals surface area contributed by atoms with Gasteiger partial charge in [-0.3, -0.25) is 16.0 Å². The molecule has 7 heavy (non-hydrogen) atoms. The van der Waals surface area contributed by atoms with Gasteiger partial charge in [-0.15, -0.1) is 0 Å². The van der Waals surface area contributed by atoms with Crippen LogP contribution in [-0.2, 0) is 0 Å². The fraction of sp³-hybridized carbons (Fsp3) is 0.750. The van der Waals surface area contributed by atoms with E-state index in [0.717, 1.165) is 0 Å². The van der Waals surface area contributed by atoms with Gasteiger partial charge in [-0.25, -0.2) is 0 Å². The average Bonchev–Trinajstić information content (AvgIpc) is 1.68. The average molecular weight is 101 g/mol. The van der Waals surface area contributed by atoms with E-state index >= 15 is 0 Å². The minimum atomic E-state index is -0.653. The fourth-order valence-electron chi connectivity index (χ4n) is 0.0791. The molecule has 0 aliphatic carbocycles. The number of hydrogen-bond donors (Lipinski definition) is 2. The van der Waals surface area contributed by atoms with Crippen LogP contribution < -0.4 is 11.1 Å². The number of hydrogen-bond acceptors (Lipinski definition) is 3. The summed E-state index contributed by atoms with van der Waals surface area (Å²) in [6, 6.07) is 0. The SMILES string of the molecule is C=NC(C)(N)NC. The molecule has 0 fully saturated rings. The summed E-state index contributed by atoms with van der Waals surface area (Å²) in [5.41, 5.74) is 5.38. The molecule has 1 atom stereocenters. The monoisotopic (exact) mass is 101 g/mol. The number of nitrogens with zero attached hydrogens (tertiary/aromatic N) is 1. The lowest BCUT2D eigenvalue weighted by Gasteiger charge is -2.16. The highest BCUT2D eigenvalue weighted by Gasteiger charge is 2.07. The molecular formula is C4H11N3. The summed E-state index contributed by atoms with van der Waals surface area (Å²) in [6.07, 6.45) is 0. The predicted molar refractivity (Wildman–Crippen MR) is 31.2 cm³/mol. The van der Waals surface area contributed by atoms with Crippen LogP contribution in [0.3, 0.4) is 0 Å². The Hall–Kier alpha value is -0.410. The summed E-state index contributed by atoms with van der Waals surface area (Å²) in [7, 11) is 1.73. The molecule has 0 aromatic carbocycles. The van der Waals surface area contributed by atoms with Crippen LogP contribution in [-0.4, -0.2) is 19.6 Å². The molecule has 0 aliphatic heterocycles. The highest BCUT2D eigenvalue weighted by Crippen LogP contribution is 1.88. The summed E-state index contributed by atoms with van der Waals surface area (Å²) >= 11 is 0. The topological polar surface area (TPSA) is 50.4 Å². The van der Waals surface area contributed by atoms with Crippen LogP contribution in [0.25, 0.3) is 0 Å². The lowest BCUT2D eigenvalue weighted by Crippen LogP contribution is -2.46. The van der Waals surface area contributed by atoms with Gasteiger partial charge in [0.15, 0.2) is 5.79 Å². The normalized spacial score (nSPS) is 18.1. The molecule has 0 heterocycles. The third-order valence-corrected chi connectivity index (χ3v) is 0.835. The third-order valence-electron chi connectivity index (χ3n) is 0.835. The van der Waals surface area contributed by atoms with Gasteiger partial charge in [0.05, 0.1) is 0 Å². The minimum Gasteiger partial charge on any atom is -0.295 e. The van der Waals surface area contributed by atoms with Crippen molar-refractivity contribution < 1.29 is 0 Å². The summed E-state index contributed by atoms with van der Waals surface area (Å²) in [4.78, 5) is 3.56. The van der Waals surface area contributed by atoms with Crippen LogP contribution in [0.5, 0.6) is 0 Å². The van der Waals surface area contributed by atoms with E-state index < -0.39 is 5.79 Å². The molecule has 0 spiro atoms. The summed E-state index contributed by atoms with van der Waals surface area (Å²) in [5.74, 6) is -0.653. The molecule has 42 valence electrons. The first-order chi connectivity index (χ1) is 3.12. The Morgan fingerprint density at radius 2 is 2.29 bits per heavy atom. The van der Waals surface area contributed by atoms with E-state index in [0.29, 0.717) is 0 Å². The smallest absolute Gasteiger partial charge is 0.158 e. The molecule has 3 heteroatoms. The number of nitrogens with two attached hydrogens (primary N) is 1. The van der Waals surface area contributed by atoms with E-state index in [4.69, 9.17) is 5.73 Å². The van der Waals surface area contributed by atoms with Crippen molar-refractivity contribution in [2.75, 3.05) is 7.05 Å². The second-order valence-electron chi connectivity index (χ2n) is 1.56. The van der Waals surface area contributed by atoms with Crippen molar-refractivity contribution in [2.45, 2.75) is 12.7 Å². The van der Waals surface area contributed by atoms with Gasteiger partial charge in [0.25, 0.3) is 0 Å². The van der Waals surface area contributed by atoms with Crippen molar-refractivity contribution in [2.24, 2.45) is 10.7 Å². The van der Waals surface area contributed by atoms with Crippen LogP contribution in [0.15, 0.2) is 4.99 Å². The molecule has 3 N–H and O–H groups in total. The predicted octanol–water partition coefficient (Wildman–Crippen LogP) is -0.461. The first kappa shape index (κ1) is 6.59. The Morgan fingerprint density at radius 3 is 2.29 bits per heavy atom.